The number of hydrogen-bond donors (Lipinski definition) is 3. The second kappa shape index (κ2) is 12.0. The highest BCUT2D eigenvalue weighted by atomic mass is 35.5. The van der Waals surface area contributed by atoms with E-state index in [9.17, 15) is 18.8 Å². The number of aromatic nitrogens is 2. The first-order valence-corrected chi connectivity index (χ1v) is 12.5. The van der Waals surface area contributed by atoms with E-state index in [1.807, 2.05) is 0 Å². The quantitative estimate of drug-likeness (QED) is 0.367. The molecule has 0 radical (unpaired) electrons. The Morgan fingerprint density at radius 2 is 1.76 bits per heavy atom. The molecule has 4 N–H and O–H groups in total. The molecule has 0 bridgehead atoms. The van der Waals surface area contributed by atoms with Gasteiger partial charge in [-0.3, -0.25) is 19.0 Å². The van der Waals surface area contributed by atoms with Crippen molar-refractivity contribution in [1.82, 2.24) is 19.8 Å². The average Bonchev–Trinajstić information content (AvgIpc) is 3.33. The second-order valence-corrected chi connectivity index (χ2v) is 9.22. The Labute approximate surface area is 218 Å². The third kappa shape index (κ3) is 6.52. The van der Waals surface area contributed by atoms with Crippen molar-refractivity contribution in [2.45, 2.75) is 25.7 Å². The van der Waals surface area contributed by atoms with Gasteiger partial charge >= 0.3 is 0 Å². The minimum Gasteiger partial charge on any atom is -0.364 e. The highest BCUT2D eigenvalue weighted by Crippen LogP contribution is 2.21. The first kappa shape index (κ1) is 26.3. The van der Waals surface area contributed by atoms with Gasteiger partial charge in [-0.05, 0) is 81.4 Å². The molecule has 37 heavy (non-hydrogen) atoms. The van der Waals surface area contributed by atoms with Crippen LogP contribution in [0.5, 0.6) is 0 Å². The summed E-state index contributed by atoms with van der Waals surface area (Å²) in [7, 11) is 0. The summed E-state index contributed by atoms with van der Waals surface area (Å²) in [5.41, 5.74) is 6.50. The number of carbonyl (C=O) groups excluding carboxylic acids is 3. The number of nitrogens with two attached hydrogens (primary N) is 1. The highest BCUT2D eigenvalue weighted by molar-refractivity contribution is 6.34. The van der Waals surface area contributed by atoms with Crippen molar-refractivity contribution >= 4 is 35.0 Å². The summed E-state index contributed by atoms with van der Waals surface area (Å²) in [5.74, 6) is -2.30. The lowest BCUT2D eigenvalue weighted by molar-refractivity contribution is 0.0926. The molecule has 0 unspecified atom stereocenters. The number of primary amides is 1. The number of imidazole rings is 1. The number of halogens is 2. The summed E-state index contributed by atoms with van der Waals surface area (Å²) in [4.78, 5) is 43.9. The molecular formula is C26H28ClFN6O3. The topological polar surface area (TPSA) is 122 Å². The van der Waals surface area contributed by atoms with Crippen molar-refractivity contribution in [3.05, 3.63) is 76.6 Å². The number of anilines is 1. The summed E-state index contributed by atoms with van der Waals surface area (Å²) in [6.07, 6.45) is 5.82. The third-order valence-electron chi connectivity index (χ3n) is 6.18. The maximum Gasteiger partial charge on any atom is 0.270 e. The monoisotopic (exact) mass is 526 g/mol. The van der Waals surface area contributed by atoms with Gasteiger partial charge in [-0.1, -0.05) is 18.0 Å². The molecule has 194 valence electrons. The van der Waals surface area contributed by atoms with E-state index in [0.717, 1.165) is 38.2 Å². The third-order valence-corrected chi connectivity index (χ3v) is 6.49. The van der Waals surface area contributed by atoms with E-state index in [0.29, 0.717) is 17.9 Å². The Hall–Kier alpha value is -3.76. The van der Waals surface area contributed by atoms with Crippen LogP contribution in [0.15, 0.2) is 48.8 Å². The van der Waals surface area contributed by atoms with Crippen LogP contribution < -0.4 is 16.4 Å². The van der Waals surface area contributed by atoms with Crippen LogP contribution in [0.1, 0.15) is 57.0 Å². The van der Waals surface area contributed by atoms with E-state index < -0.39 is 23.5 Å². The van der Waals surface area contributed by atoms with Crippen LogP contribution in [-0.2, 0) is 0 Å². The number of amides is 3. The minimum atomic E-state index is -0.808. The lowest BCUT2D eigenvalue weighted by atomic mass is 10.1. The van der Waals surface area contributed by atoms with E-state index in [2.05, 4.69) is 20.5 Å². The first-order chi connectivity index (χ1) is 17.8. The van der Waals surface area contributed by atoms with E-state index in [1.165, 1.54) is 36.2 Å². The molecule has 9 nitrogen and oxygen atoms in total. The van der Waals surface area contributed by atoms with Crippen LogP contribution in [0.2, 0.25) is 5.02 Å². The van der Waals surface area contributed by atoms with Crippen LogP contribution in [0.3, 0.4) is 0 Å². The van der Waals surface area contributed by atoms with Gasteiger partial charge < -0.3 is 21.3 Å². The molecule has 0 aliphatic carbocycles. The molecule has 1 aromatic heterocycles. The van der Waals surface area contributed by atoms with Crippen LogP contribution in [-0.4, -0.2) is 58.4 Å². The van der Waals surface area contributed by atoms with Crippen molar-refractivity contribution in [2.24, 2.45) is 5.73 Å². The minimum absolute atomic E-state index is 0.00176. The molecule has 11 heteroatoms. The number of nitrogens with zero attached hydrogens (tertiary/aromatic N) is 3. The fourth-order valence-electron chi connectivity index (χ4n) is 4.29. The molecule has 1 aliphatic rings. The van der Waals surface area contributed by atoms with Gasteiger partial charge in [0, 0.05) is 17.9 Å². The fraction of sp³-hybridized carbons (Fsp3) is 0.308. The molecule has 1 fully saturated rings. The second-order valence-electron chi connectivity index (χ2n) is 8.81. The Bertz CT molecular complexity index is 1290. The Morgan fingerprint density at radius 3 is 2.43 bits per heavy atom. The first-order valence-electron chi connectivity index (χ1n) is 12.1. The molecule has 2 aromatic carbocycles. The van der Waals surface area contributed by atoms with Crippen LogP contribution in [0.4, 0.5) is 10.1 Å². The van der Waals surface area contributed by atoms with Crippen LogP contribution in [0.25, 0.3) is 5.69 Å². The van der Waals surface area contributed by atoms with Gasteiger partial charge in [-0.15, -0.1) is 0 Å². The largest absolute Gasteiger partial charge is 0.364 e. The molecule has 0 atom stereocenters. The van der Waals surface area contributed by atoms with Gasteiger partial charge in [-0.2, -0.15) is 0 Å². The van der Waals surface area contributed by atoms with Gasteiger partial charge in [0.1, 0.15) is 17.8 Å². The number of rotatable bonds is 9. The van der Waals surface area contributed by atoms with E-state index in [1.54, 1.807) is 24.3 Å². The predicted octanol–water partition coefficient (Wildman–Crippen LogP) is 3.62. The summed E-state index contributed by atoms with van der Waals surface area (Å²) >= 11 is 5.97. The number of hydrogen-bond acceptors (Lipinski definition) is 5. The number of benzene rings is 2. The zero-order chi connectivity index (χ0) is 26.4. The van der Waals surface area contributed by atoms with Gasteiger partial charge in [-0.25, -0.2) is 9.37 Å². The zero-order valence-electron chi connectivity index (χ0n) is 20.2. The van der Waals surface area contributed by atoms with Crippen molar-refractivity contribution in [3.8, 4) is 5.69 Å². The summed E-state index contributed by atoms with van der Waals surface area (Å²) in [6.45, 7) is 3.52. The Kier molecular flexibility index (Phi) is 8.52. The van der Waals surface area contributed by atoms with E-state index in [4.69, 9.17) is 17.3 Å². The number of likely N-dealkylation sites (tertiary alicyclic amines) is 1. The molecule has 2 heterocycles. The predicted molar refractivity (Wildman–Crippen MR) is 139 cm³/mol. The Morgan fingerprint density at radius 1 is 1.03 bits per heavy atom. The molecule has 3 aromatic rings. The summed E-state index contributed by atoms with van der Waals surface area (Å²) in [5, 5.41) is 5.55. The van der Waals surface area contributed by atoms with Crippen LogP contribution in [0, 0.1) is 5.82 Å². The summed E-state index contributed by atoms with van der Waals surface area (Å²) < 4.78 is 14.7. The van der Waals surface area contributed by atoms with Gasteiger partial charge in [0.25, 0.3) is 17.7 Å². The fourth-order valence-corrected chi connectivity index (χ4v) is 4.54. The van der Waals surface area contributed by atoms with Gasteiger partial charge in [0.05, 0.1) is 10.6 Å². The lowest BCUT2D eigenvalue weighted by Gasteiger charge is -2.26. The molecule has 0 spiro atoms. The van der Waals surface area contributed by atoms with Crippen LogP contribution >= 0.6 is 11.6 Å². The average molecular weight is 527 g/mol. The standard InChI is InChI=1S/C26H28ClFN6O3/c27-21-15-17(28)5-10-20(21)25(36)32-18-6-8-19(9-7-18)34-16-31-22(24(29)35)23(34)26(37)30-11-4-14-33-12-2-1-3-13-33/h5-10,15-16H,1-4,11-14H2,(H2,29,35)(H,30,37)(H,32,36). The molecule has 1 aliphatic heterocycles. The smallest absolute Gasteiger partial charge is 0.270 e. The van der Waals surface area contributed by atoms with Gasteiger partial charge in [0.2, 0.25) is 0 Å². The number of piperidine rings is 1. The van der Waals surface area contributed by atoms with E-state index in [-0.39, 0.29) is 22.0 Å². The molecular weight excluding hydrogens is 499 g/mol. The van der Waals surface area contributed by atoms with Crippen molar-refractivity contribution in [2.75, 3.05) is 31.5 Å². The molecule has 3 amide bonds. The van der Waals surface area contributed by atoms with Crippen molar-refractivity contribution < 1.29 is 18.8 Å². The number of carbonyl (C=O) groups is 3. The van der Waals surface area contributed by atoms with Crippen molar-refractivity contribution in [1.29, 1.82) is 0 Å². The number of nitrogens with one attached hydrogen (secondary N) is 2. The lowest BCUT2D eigenvalue weighted by Crippen LogP contribution is -2.34. The van der Waals surface area contributed by atoms with E-state index >= 15 is 0 Å². The zero-order valence-corrected chi connectivity index (χ0v) is 20.9. The SMILES string of the molecule is NC(=O)c1ncn(-c2ccc(NC(=O)c3ccc(F)cc3Cl)cc2)c1C(=O)NCCCN1CCCCC1. The molecule has 0 saturated carbocycles. The summed E-state index contributed by atoms with van der Waals surface area (Å²) in [6, 6.07) is 10.1. The molecule has 4 rings (SSSR count). The molecule has 1 saturated heterocycles. The maximum absolute atomic E-state index is 13.3. The Balaban J connectivity index is 1.44. The maximum atomic E-state index is 13.3. The van der Waals surface area contributed by atoms with Crippen molar-refractivity contribution in [3.63, 3.8) is 0 Å². The highest BCUT2D eigenvalue weighted by Gasteiger charge is 2.23. The van der Waals surface area contributed by atoms with Gasteiger partial charge in [0.15, 0.2) is 5.69 Å². The normalized spacial score (nSPS) is 13.8.